The first-order chi connectivity index (χ1) is 5.94. The first-order valence-electron chi connectivity index (χ1n) is 4.19. The van der Waals surface area contributed by atoms with Gasteiger partial charge in [-0.25, -0.2) is 0 Å². The van der Waals surface area contributed by atoms with E-state index in [2.05, 4.69) is 20.7 Å². The highest BCUT2D eigenvalue weighted by molar-refractivity contribution is 9.09. The van der Waals surface area contributed by atoms with Gasteiger partial charge in [-0.2, -0.15) is 17.4 Å². The van der Waals surface area contributed by atoms with E-state index in [1.54, 1.807) is 0 Å². The van der Waals surface area contributed by atoms with Crippen LogP contribution in [0.2, 0.25) is 0 Å². The maximum atomic E-state index is 11.4. The summed E-state index contributed by atoms with van der Waals surface area (Å²) in [6.45, 7) is 1.96. The zero-order chi connectivity index (χ0) is 10.5. The predicted octanol–water partition coefficient (Wildman–Crippen LogP) is 0.946. The molecule has 0 aliphatic rings. The lowest BCUT2D eigenvalue weighted by Crippen LogP contribution is -2.42. The molecule has 1 N–H and O–H groups in total. The molecule has 0 fully saturated rings. The Labute approximate surface area is 89.0 Å². The predicted molar refractivity (Wildman–Crippen MR) is 58.2 cm³/mol. The summed E-state index contributed by atoms with van der Waals surface area (Å²) < 4.78 is 26.5. The molecular formula is C7H17BrN2O2S. The number of hydrogen-bond donors (Lipinski definition) is 1. The average Bonchev–Trinajstić information content (AvgIpc) is 2.03. The van der Waals surface area contributed by atoms with Crippen molar-refractivity contribution in [1.82, 2.24) is 9.03 Å². The first kappa shape index (κ1) is 13.4. The number of halogens is 1. The Morgan fingerprint density at radius 2 is 2.00 bits per heavy atom. The van der Waals surface area contributed by atoms with E-state index >= 15 is 0 Å². The summed E-state index contributed by atoms with van der Waals surface area (Å²) in [5, 5.41) is 0.807. The largest absolute Gasteiger partial charge is 0.279 e. The van der Waals surface area contributed by atoms with E-state index in [0.29, 0.717) is 0 Å². The van der Waals surface area contributed by atoms with Gasteiger partial charge in [0.25, 0.3) is 10.2 Å². The Balaban J connectivity index is 4.23. The van der Waals surface area contributed by atoms with Crippen molar-refractivity contribution >= 4 is 26.1 Å². The Morgan fingerprint density at radius 3 is 2.31 bits per heavy atom. The Morgan fingerprint density at radius 1 is 1.46 bits per heavy atom. The lowest BCUT2D eigenvalue weighted by molar-refractivity contribution is 0.477. The molecule has 0 aromatic heterocycles. The van der Waals surface area contributed by atoms with E-state index in [1.165, 1.54) is 18.4 Å². The van der Waals surface area contributed by atoms with Crippen LogP contribution in [-0.2, 0) is 10.2 Å². The minimum Gasteiger partial charge on any atom is -0.199 e. The Bertz CT molecular complexity index is 229. The maximum absolute atomic E-state index is 11.4. The van der Waals surface area contributed by atoms with Crippen molar-refractivity contribution in [2.75, 3.05) is 19.4 Å². The van der Waals surface area contributed by atoms with Crippen LogP contribution in [0.5, 0.6) is 0 Å². The molecule has 0 radical (unpaired) electrons. The summed E-state index contributed by atoms with van der Waals surface area (Å²) in [7, 11) is -0.235. The van der Waals surface area contributed by atoms with E-state index in [9.17, 15) is 8.42 Å². The van der Waals surface area contributed by atoms with Crippen molar-refractivity contribution in [1.29, 1.82) is 0 Å². The van der Waals surface area contributed by atoms with Gasteiger partial charge in [0.05, 0.1) is 0 Å². The maximum Gasteiger partial charge on any atom is 0.279 e. The molecule has 0 aliphatic heterocycles. The van der Waals surface area contributed by atoms with E-state index in [1.807, 2.05) is 6.92 Å². The van der Waals surface area contributed by atoms with Crippen LogP contribution in [0.3, 0.4) is 0 Å². The number of nitrogens with one attached hydrogen (secondary N) is 1. The van der Waals surface area contributed by atoms with Gasteiger partial charge in [0.15, 0.2) is 0 Å². The van der Waals surface area contributed by atoms with E-state index in [4.69, 9.17) is 0 Å². The number of hydrogen-bond acceptors (Lipinski definition) is 2. The summed E-state index contributed by atoms with van der Waals surface area (Å²) in [4.78, 5) is 0. The highest BCUT2D eigenvalue weighted by Gasteiger charge is 2.17. The molecule has 0 saturated heterocycles. The smallest absolute Gasteiger partial charge is 0.199 e. The molecule has 0 aliphatic carbocycles. The van der Waals surface area contributed by atoms with E-state index in [-0.39, 0.29) is 6.04 Å². The third-order valence-corrected chi connectivity index (χ3v) is 3.80. The molecule has 0 aromatic carbocycles. The van der Waals surface area contributed by atoms with Crippen LogP contribution in [0.4, 0.5) is 0 Å². The molecule has 1 unspecified atom stereocenters. The van der Waals surface area contributed by atoms with Crippen LogP contribution in [0.1, 0.15) is 19.8 Å². The SMILES string of the molecule is CCC(CCBr)NS(=O)(=O)N(C)C. The topological polar surface area (TPSA) is 49.4 Å². The van der Waals surface area contributed by atoms with E-state index < -0.39 is 10.2 Å². The van der Waals surface area contributed by atoms with Crippen molar-refractivity contribution in [3.05, 3.63) is 0 Å². The van der Waals surface area contributed by atoms with Gasteiger partial charge in [-0.1, -0.05) is 22.9 Å². The molecule has 0 aromatic rings. The third-order valence-electron chi connectivity index (χ3n) is 1.75. The lowest BCUT2D eigenvalue weighted by Gasteiger charge is -2.19. The van der Waals surface area contributed by atoms with Crippen LogP contribution in [0, 0.1) is 0 Å². The highest BCUT2D eigenvalue weighted by atomic mass is 79.9. The molecule has 1 atom stereocenters. The summed E-state index contributed by atoms with van der Waals surface area (Å²) >= 11 is 3.29. The quantitative estimate of drug-likeness (QED) is 0.732. The van der Waals surface area contributed by atoms with Crippen molar-refractivity contribution in [2.24, 2.45) is 0 Å². The van der Waals surface area contributed by atoms with Crippen molar-refractivity contribution in [3.63, 3.8) is 0 Å². The monoisotopic (exact) mass is 272 g/mol. The zero-order valence-corrected chi connectivity index (χ0v) is 10.7. The standard InChI is InChI=1S/C7H17BrN2O2S/c1-4-7(5-6-8)9-13(11,12)10(2)3/h7,9H,4-6H2,1-3H3. The fourth-order valence-electron chi connectivity index (χ4n) is 0.794. The fourth-order valence-corrected chi connectivity index (χ4v) is 2.26. The Kier molecular flexibility index (Phi) is 6.11. The lowest BCUT2D eigenvalue weighted by atomic mass is 10.2. The molecule has 0 bridgehead atoms. The molecule has 4 nitrogen and oxygen atoms in total. The molecule has 6 heteroatoms. The van der Waals surface area contributed by atoms with Gasteiger partial charge < -0.3 is 0 Å². The third kappa shape index (κ3) is 4.95. The van der Waals surface area contributed by atoms with Crippen molar-refractivity contribution < 1.29 is 8.42 Å². The fraction of sp³-hybridized carbons (Fsp3) is 1.00. The van der Waals surface area contributed by atoms with Gasteiger partial charge >= 0.3 is 0 Å². The Hall–Kier alpha value is 0.350. The van der Waals surface area contributed by atoms with Crippen molar-refractivity contribution in [3.8, 4) is 0 Å². The van der Waals surface area contributed by atoms with Crippen molar-refractivity contribution in [2.45, 2.75) is 25.8 Å². The molecular weight excluding hydrogens is 256 g/mol. The molecule has 0 amide bonds. The van der Waals surface area contributed by atoms with Gasteiger partial charge in [-0.3, -0.25) is 0 Å². The van der Waals surface area contributed by atoms with Gasteiger partial charge in [0.1, 0.15) is 0 Å². The molecule has 0 spiro atoms. The van der Waals surface area contributed by atoms with Crippen LogP contribution in [-0.4, -0.2) is 38.2 Å². The second kappa shape index (κ2) is 5.95. The van der Waals surface area contributed by atoms with Crippen LogP contribution >= 0.6 is 15.9 Å². The first-order valence-corrected chi connectivity index (χ1v) is 6.76. The molecule has 13 heavy (non-hydrogen) atoms. The van der Waals surface area contributed by atoms with Gasteiger partial charge in [0.2, 0.25) is 0 Å². The van der Waals surface area contributed by atoms with Gasteiger partial charge in [0, 0.05) is 25.5 Å². The molecule has 0 heterocycles. The summed E-state index contributed by atoms with van der Waals surface area (Å²) in [5.74, 6) is 0. The average molecular weight is 273 g/mol. The second-order valence-electron chi connectivity index (χ2n) is 2.99. The molecule has 0 saturated carbocycles. The summed E-state index contributed by atoms with van der Waals surface area (Å²) in [6.07, 6.45) is 1.61. The van der Waals surface area contributed by atoms with Crippen LogP contribution in [0.15, 0.2) is 0 Å². The number of nitrogens with zero attached hydrogens (tertiary/aromatic N) is 1. The number of rotatable bonds is 6. The van der Waals surface area contributed by atoms with Crippen LogP contribution < -0.4 is 4.72 Å². The highest BCUT2D eigenvalue weighted by Crippen LogP contribution is 2.03. The van der Waals surface area contributed by atoms with Gasteiger partial charge in [-0.15, -0.1) is 0 Å². The minimum atomic E-state index is -3.27. The molecule has 0 rings (SSSR count). The summed E-state index contributed by atoms with van der Waals surface area (Å²) in [5.41, 5.74) is 0. The van der Waals surface area contributed by atoms with Gasteiger partial charge in [-0.05, 0) is 12.8 Å². The normalized spacial score (nSPS) is 14.8. The number of alkyl halides is 1. The van der Waals surface area contributed by atoms with Crippen LogP contribution in [0.25, 0.3) is 0 Å². The second-order valence-corrected chi connectivity index (χ2v) is 5.70. The minimum absolute atomic E-state index is 0.0202. The van der Waals surface area contributed by atoms with E-state index in [0.717, 1.165) is 18.2 Å². The molecule has 80 valence electrons. The summed E-state index contributed by atoms with van der Waals surface area (Å²) in [6, 6.07) is 0.0202. The zero-order valence-electron chi connectivity index (χ0n) is 8.25.